The molecule has 1 amide bonds. The van der Waals surface area contributed by atoms with Gasteiger partial charge in [-0.1, -0.05) is 35.9 Å². The van der Waals surface area contributed by atoms with Crippen LogP contribution in [0.3, 0.4) is 0 Å². The third-order valence-electron chi connectivity index (χ3n) is 6.62. The Morgan fingerprint density at radius 1 is 1.00 bits per heavy atom. The number of methoxy groups -OCH3 is 3. The predicted octanol–water partition coefficient (Wildman–Crippen LogP) is 6.16. The van der Waals surface area contributed by atoms with Gasteiger partial charge in [-0.3, -0.25) is 14.5 Å². The Hall–Kier alpha value is -4.08. The number of aryl methyl sites for hydroxylation is 1. The molecule has 10 heteroatoms. The van der Waals surface area contributed by atoms with Gasteiger partial charge in [-0.05, 0) is 66.1 Å². The van der Waals surface area contributed by atoms with Gasteiger partial charge in [0.25, 0.3) is 5.78 Å². The lowest BCUT2D eigenvalue weighted by Gasteiger charge is -2.24. The molecule has 1 aliphatic heterocycles. The normalized spacial score (nSPS) is 16.6. The number of halogens is 1. The van der Waals surface area contributed by atoms with Crippen molar-refractivity contribution >= 4 is 55.7 Å². The molecule has 0 spiro atoms. The Morgan fingerprint density at radius 3 is 2.26 bits per heavy atom. The van der Waals surface area contributed by atoms with Gasteiger partial charge in [0, 0.05) is 10.6 Å². The Labute approximate surface area is 234 Å². The standard InChI is InChI=1S/C29H25ClN2O6S/c1-5-15-6-11-19-22(12-15)39-29(31-19)32-24(17-13-20(36-2)27(38-4)21(14-17)37-3)23(26(34)28(32)35)25(33)16-7-9-18(30)10-8-16/h6-14,24,33H,5H2,1-4H3. The maximum Gasteiger partial charge on any atom is 0.301 e. The molecule has 4 aromatic rings. The van der Waals surface area contributed by atoms with Gasteiger partial charge in [-0.2, -0.15) is 0 Å². The third-order valence-corrected chi connectivity index (χ3v) is 7.89. The molecule has 1 N–H and O–H groups in total. The highest BCUT2D eigenvalue weighted by Gasteiger charge is 2.48. The van der Waals surface area contributed by atoms with Gasteiger partial charge in [0.15, 0.2) is 16.6 Å². The predicted molar refractivity (Wildman–Crippen MR) is 151 cm³/mol. The number of benzene rings is 3. The van der Waals surface area contributed by atoms with Crippen LogP contribution in [0.25, 0.3) is 16.0 Å². The average molecular weight is 565 g/mol. The van der Waals surface area contributed by atoms with E-state index in [0.29, 0.717) is 44.0 Å². The number of hydrogen-bond donors (Lipinski definition) is 1. The van der Waals surface area contributed by atoms with E-state index >= 15 is 0 Å². The van der Waals surface area contributed by atoms with Crippen LogP contribution < -0.4 is 19.1 Å². The Morgan fingerprint density at radius 2 is 1.67 bits per heavy atom. The lowest BCUT2D eigenvalue weighted by Crippen LogP contribution is -2.29. The number of carbonyl (C=O) groups is 2. The highest BCUT2D eigenvalue weighted by atomic mass is 35.5. The fourth-order valence-corrected chi connectivity index (χ4v) is 5.83. The van der Waals surface area contributed by atoms with E-state index in [1.54, 1.807) is 36.4 Å². The van der Waals surface area contributed by atoms with Gasteiger partial charge < -0.3 is 19.3 Å². The molecule has 5 rings (SSSR count). The second-order valence-corrected chi connectivity index (χ2v) is 10.2. The number of anilines is 1. The number of fused-ring (bicyclic) bond motifs is 1. The van der Waals surface area contributed by atoms with E-state index in [1.165, 1.54) is 37.6 Å². The second-order valence-electron chi connectivity index (χ2n) is 8.79. The number of rotatable bonds is 7. The number of aliphatic hydroxyl groups is 1. The van der Waals surface area contributed by atoms with Crippen molar-refractivity contribution < 1.29 is 28.9 Å². The van der Waals surface area contributed by atoms with Crippen LogP contribution in [-0.2, 0) is 16.0 Å². The first-order chi connectivity index (χ1) is 18.8. The number of Topliss-reactive ketones (excluding diaryl/α,β-unsaturated/α-hetero) is 1. The van der Waals surface area contributed by atoms with E-state index in [2.05, 4.69) is 6.92 Å². The summed E-state index contributed by atoms with van der Waals surface area (Å²) in [5.41, 5.74) is 2.55. The van der Waals surface area contributed by atoms with Crippen molar-refractivity contribution in [3.05, 3.63) is 81.9 Å². The molecule has 1 atom stereocenters. The molecule has 2 heterocycles. The first kappa shape index (κ1) is 26.5. The Bertz CT molecular complexity index is 1600. The summed E-state index contributed by atoms with van der Waals surface area (Å²) in [4.78, 5) is 33.2. The maximum absolute atomic E-state index is 13.6. The molecule has 3 aromatic carbocycles. The molecule has 8 nitrogen and oxygen atoms in total. The van der Waals surface area contributed by atoms with E-state index < -0.39 is 17.7 Å². The van der Waals surface area contributed by atoms with Crippen LogP contribution in [0, 0.1) is 0 Å². The number of aromatic nitrogens is 1. The van der Waals surface area contributed by atoms with Gasteiger partial charge in [0.05, 0.1) is 43.2 Å². The van der Waals surface area contributed by atoms with Gasteiger partial charge in [-0.25, -0.2) is 4.98 Å². The quantitative estimate of drug-likeness (QED) is 0.163. The lowest BCUT2D eigenvalue weighted by molar-refractivity contribution is -0.132. The summed E-state index contributed by atoms with van der Waals surface area (Å²) < 4.78 is 17.4. The number of carbonyl (C=O) groups excluding carboxylic acids is 2. The van der Waals surface area contributed by atoms with E-state index in [4.69, 9.17) is 30.8 Å². The van der Waals surface area contributed by atoms with Gasteiger partial charge in [0.2, 0.25) is 5.75 Å². The first-order valence-electron chi connectivity index (χ1n) is 12.1. The van der Waals surface area contributed by atoms with E-state index in [-0.39, 0.29) is 11.3 Å². The maximum atomic E-state index is 13.6. The second kappa shape index (κ2) is 10.6. The molecule has 0 aliphatic carbocycles. The smallest absolute Gasteiger partial charge is 0.301 e. The molecule has 0 saturated carbocycles. The van der Waals surface area contributed by atoms with Crippen molar-refractivity contribution in [2.75, 3.05) is 26.2 Å². The van der Waals surface area contributed by atoms with Gasteiger partial charge >= 0.3 is 5.91 Å². The van der Waals surface area contributed by atoms with Crippen LogP contribution in [-0.4, -0.2) is 43.1 Å². The number of thiazole rings is 1. The number of amides is 1. The molecule has 1 unspecified atom stereocenters. The van der Waals surface area contributed by atoms with Crippen LogP contribution >= 0.6 is 22.9 Å². The molecule has 1 fully saturated rings. The van der Waals surface area contributed by atoms with Gasteiger partial charge in [-0.15, -0.1) is 0 Å². The van der Waals surface area contributed by atoms with Crippen molar-refractivity contribution in [2.24, 2.45) is 0 Å². The fraction of sp³-hybridized carbons (Fsp3) is 0.207. The highest BCUT2D eigenvalue weighted by molar-refractivity contribution is 7.22. The van der Waals surface area contributed by atoms with Crippen molar-refractivity contribution in [1.29, 1.82) is 0 Å². The van der Waals surface area contributed by atoms with Crippen LogP contribution in [0.5, 0.6) is 17.2 Å². The zero-order chi connectivity index (χ0) is 27.8. The molecule has 0 radical (unpaired) electrons. The van der Waals surface area contributed by atoms with E-state index in [1.807, 2.05) is 18.2 Å². The zero-order valence-corrected chi connectivity index (χ0v) is 23.2. The SMILES string of the molecule is CCc1ccc2nc(N3C(=O)C(=O)C(=C(O)c4ccc(Cl)cc4)C3c3cc(OC)c(OC)c(OC)c3)sc2c1. The summed E-state index contributed by atoms with van der Waals surface area (Å²) in [5, 5.41) is 12.2. The van der Waals surface area contributed by atoms with Crippen LogP contribution in [0.1, 0.15) is 29.7 Å². The summed E-state index contributed by atoms with van der Waals surface area (Å²) in [7, 11) is 4.44. The van der Waals surface area contributed by atoms with Crippen LogP contribution in [0.15, 0.2) is 60.2 Å². The number of nitrogens with zero attached hydrogens (tertiary/aromatic N) is 2. The number of aliphatic hydroxyl groups excluding tert-OH is 1. The summed E-state index contributed by atoms with van der Waals surface area (Å²) in [6.07, 6.45) is 0.847. The molecule has 0 bridgehead atoms. The molecule has 39 heavy (non-hydrogen) atoms. The Kier molecular flexibility index (Phi) is 7.20. The fourth-order valence-electron chi connectivity index (χ4n) is 4.65. The molecule has 200 valence electrons. The summed E-state index contributed by atoms with van der Waals surface area (Å²) >= 11 is 7.34. The summed E-state index contributed by atoms with van der Waals surface area (Å²) in [6.45, 7) is 2.06. The van der Waals surface area contributed by atoms with Crippen LogP contribution in [0.2, 0.25) is 5.02 Å². The van der Waals surface area contributed by atoms with Crippen molar-refractivity contribution in [3.63, 3.8) is 0 Å². The number of ether oxygens (including phenoxy) is 3. The first-order valence-corrected chi connectivity index (χ1v) is 13.3. The van der Waals surface area contributed by atoms with E-state index in [9.17, 15) is 14.7 Å². The minimum Gasteiger partial charge on any atom is -0.507 e. The van der Waals surface area contributed by atoms with Crippen molar-refractivity contribution in [1.82, 2.24) is 4.98 Å². The Balaban J connectivity index is 1.77. The van der Waals surface area contributed by atoms with Crippen molar-refractivity contribution in [2.45, 2.75) is 19.4 Å². The summed E-state index contributed by atoms with van der Waals surface area (Å²) in [6, 6.07) is 14.5. The molecular weight excluding hydrogens is 540 g/mol. The largest absolute Gasteiger partial charge is 0.507 e. The third kappa shape index (κ3) is 4.57. The summed E-state index contributed by atoms with van der Waals surface area (Å²) in [5.74, 6) is -0.957. The van der Waals surface area contributed by atoms with Crippen molar-refractivity contribution in [3.8, 4) is 17.2 Å². The number of hydrogen-bond acceptors (Lipinski definition) is 8. The minimum atomic E-state index is -1.03. The average Bonchev–Trinajstić information content (AvgIpc) is 3.49. The number of ketones is 1. The minimum absolute atomic E-state index is 0.0925. The monoisotopic (exact) mass is 564 g/mol. The van der Waals surface area contributed by atoms with Crippen LogP contribution in [0.4, 0.5) is 5.13 Å². The van der Waals surface area contributed by atoms with E-state index in [0.717, 1.165) is 16.7 Å². The molecular formula is C29H25ClN2O6S. The molecule has 1 aliphatic rings. The topological polar surface area (TPSA) is 98.2 Å². The highest BCUT2D eigenvalue weighted by Crippen LogP contribution is 2.48. The zero-order valence-electron chi connectivity index (χ0n) is 21.6. The molecule has 1 saturated heterocycles. The molecule has 1 aromatic heterocycles. The lowest BCUT2D eigenvalue weighted by atomic mass is 9.95. The van der Waals surface area contributed by atoms with Gasteiger partial charge in [0.1, 0.15) is 5.76 Å².